The maximum Gasteiger partial charge on any atom is 0.413 e. The van der Waals surface area contributed by atoms with Crippen LogP contribution in [0.2, 0.25) is 5.02 Å². The third-order valence-corrected chi connectivity index (χ3v) is 3.17. The number of amides is 1. The predicted molar refractivity (Wildman–Crippen MR) is 76.8 cm³/mol. The van der Waals surface area contributed by atoms with Gasteiger partial charge in [-0.2, -0.15) is 0 Å². The average molecular weight is 350 g/mol. The van der Waals surface area contributed by atoms with Gasteiger partial charge in [0.1, 0.15) is 11.4 Å². The van der Waals surface area contributed by atoms with Crippen LogP contribution in [0.1, 0.15) is 38.1 Å². The number of aromatic nitrogens is 1. The second-order valence-corrected chi connectivity index (χ2v) is 6.06. The quantitative estimate of drug-likeness (QED) is 0.818. The number of ether oxygens (including phenoxy) is 1. The number of halogens is 2. The Labute approximate surface area is 124 Å². The Morgan fingerprint density at radius 2 is 2.00 bits per heavy atom. The van der Waals surface area contributed by atoms with E-state index in [1.807, 2.05) is 0 Å². The second kappa shape index (κ2) is 5.88. The number of hydrogen-bond donors (Lipinski definition) is 1. The Morgan fingerprint density at radius 3 is 2.47 bits per heavy atom. The fourth-order valence-corrected chi connectivity index (χ4v) is 1.85. The van der Waals surface area contributed by atoms with Gasteiger partial charge in [0.15, 0.2) is 5.78 Å². The summed E-state index contributed by atoms with van der Waals surface area (Å²) >= 11 is 9.18. The lowest BCUT2D eigenvalue weighted by molar-refractivity contribution is 0.0635. The first kappa shape index (κ1) is 15.9. The van der Waals surface area contributed by atoms with Crippen LogP contribution in [0.3, 0.4) is 0 Å². The van der Waals surface area contributed by atoms with E-state index in [9.17, 15) is 9.59 Å². The topological polar surface area (TPSA) is 68.3 Å². The smallest absolute Gasteiger partial charge is 0.413 e. The summed E-state index contributed by atoms with van der Waals surface area (Å²) in [6.45, 7) is 6.55. The molecule has 0 saturated carbocycles. The zero-order valence-corrected chi connectivity index (χ0v) is 13.3. The standard InChI is InChI=1S/C12H14BrClN2O3/c1-6(17)8-9(14)7(13)5-15-10(8)16-11(18)19-12(2,3)4/h5H,1-4H3,(H,15,16,18). The number of pyridine rings is 1. The van der Waals surface area contributed by atoms with Crippen molar-refractivity contribution in [3.8, 4) is 0 Å². The summed E-state index contributed by atoms with van der Waals surface area (Å²) in [6.07, 6.45) is 0.711. The van der Waals surface area contributed by atoms with Crippen molar-refractivity contribution in [2.24, 2.45) is 0 Å². The molecule has 19 heavy (non-hydrogen) atoms. The van der Waals surface area contributed by atoms with Crippen LogP contribution in [0.15, 0.2) is 10.7 Å². The van der Waals surface area contributed by atoms with Crippen molar-refractivity contribution in [3.05, 3.63) is 21.3 Å². The van der Waals surface area contributed by atoms with Gasteiger partial charge in [-0.25, -0.2) is 9.78 Å². The zero-order chi connectivity index (χ0) is 14.8. The Hall–Kier alpha value is -1.14. The van der Waals surface area contributed by atoms with E-state index in [1.165, 1.54) is 13.1 Å². The molecule has 0 aliphatic heterocycles. The maximum atomic E-state index is 11.7. The van der Waals surface area contributed by atoms with Gasteiger partial charge in [-0.3, -0.25) is 10.1 Å². The normalized spacial score (nSPS) is 11.1. The number of Topliss-reactive ketones (excluding diaryl/α,β-unsaturated/α-hetero) is 1. The minimum absolute atomic E-state index is 0.0787. The number of carbonyl (C=O) groups excluding carboxylic acids is 2. The van der Waals surface area contributed by atoms with Crippen LogP contribution >= 0.6 is 27.5 Å². The van der Waals surface area contributed by atoms with Gasteiger partial charge in [0.25, 0.3) is 0 Å². The molecular formula is C12H14BrClN2O3. The fraction of sp³-hybridized carbons (Fsp3) is 0.417. The fourth-order valence-electron chi connectivity index (χ4n) is 1.28. The molecule has 1 amide bonds. The number of anilines is 1. The van der Waals surface area contributed by atoms with Gasteiger partial charge in [-0.05, 0) is 43.6 Å². The number of hydrogen-bond acceptors (Lipinski definition) is 4. The molecule has 0 aliphatic carbocycles. The number of nitrogens with zero attached hydrogens (tertiary/aromatic N) is 1. The van der Waals surface area contributed by atoms with Crippen molar-refractivity contribution in [1.82, 2.24) is 4.98 Å². The van der Waals surface area contributed by atoms with Gasteiger partial charge in [0.05, 0.1) is 15.1 Å². The molecule has 1 rings (SSSR count). The summed E-state index contributed by atoms with van der Waals surface area (Å²) in [5.74, 6) is -0.222. The van der Waals surface area contributed by atoms with E-state index < -0.39 is 11.7 Å². The van der Waals surface area contributed by atoms with E-state index >= 15 is 0 Å². The summed E-state index contributed by atoms with van der Waals surface area (Å²) in [5.41, 5.74) is -0.499. The highest BCUT2D eigenvalue weighted by Crippen LogP contribution is 2.30. The van der Waals surface area contributed by atoms with Crippen LogP contribution in [0.25, 0.3) is 0 Å². The van der Waals surface area contributed by atoms with Crippen LogP contribution in [-0.2, 0) is 4.74 Å². The lowest BCUT2D eigenvalue weighted by Gasteiger charge is -2.20. The van der Waals surface area contributed by atoms with E-state index in [0.717, 1.165) is 0 Å². The van der Waals surface area contributed by atoms with E-state index in [1.54, 1.807) is 20.8 Å². The summed E-state index contributed by atoms with van der Waals surface area (Å²) < 4.78 is 5.57. The first-order valence-corrected chi connectivity index (χ1v) is 6.64. The number of nitrogens with one attached hydrogen (secondary N) is 1. The van der Waals surface area contributed by atoms with E-state index in [4.69, 9.17) is 16.3 Å². The highest BCUT2D eigenvalue weighted by molar-refractivity contribution is 9.10. The van der Waals surface area contributed by atoms with E-state index in [2.05, 4.69) is 26.2 Å². The molecule has 0 bridgehead atoms. The molecule has 0 radical (unpaired) electrons. The van der Waals surface area contributed by atoms with Crippen molar-refractivity contribution >= 4 is 45.2 Å². The molecular weight excluding hydrogens is 336 g/mol. The Kier molecular flexibility index (Phi) is 4.92. The largest absolute Gasteiger partial charge is 0.444 e. The highest BCUT2D eigenvalue weighted by Gasteiger charge is 2.21. The molecule has 1 N–H and O–H groups in total. The molecule has 0 fully saturated rings. The molecule has 104 valence electrons. The van der Waals surface area contributed by atoms with Crippen LogP contribution in [0, 0.1) is 0 Å². The molecule has 0 unspecified atom stereocenters. The molecule has 0 saturated heterocycles. The van der Waals surface area contributed by atoms with Crippen molar-refractivity contribution in [2.45, 2.75) is 33.3 Å². The van der Waals surface area contributed by atoms with Gasteiger partial charge >= 0.3 is 6.09 Å². The van der Waals surface area contributed by atoms with Gasteiger partial charge in [-0.15, -0.1) is 0 Å². The van der Waals surface area contributed by atoms with Crippen LogP contribution in [0.5, 0.6) is 0 Å². The third-order valence-electron chi connectivity index (χ3n) is 1.94. The Balaban J connectivity index is 3.05. The molecule has 1 aromatic rings. The Bertz CT molecular complexity index is 526. The number of carbonyl (C=O) groups is 2. The van der Waals surface area contributed by atoms with E-state index in [-0.39, 0.29) is 22.2 Å². The molecule has 1 heterocycles. The first-order chi connectivity index (χ1) is 8.61. The highest BCUT2D eigenvalue weighted by atomic mass is 79.9. The first-order valence-electron chi connectivity index (χ1n) is 5.46. The Morgan fingerprint density at radius 1 is 1.42 bits per heavy atom. The van der Waals surface area contributed by atoms with E-state index in [0.29, 0.717) is 4.47 Å². The van der Waals surface area contributed by atoms with Crippen molar-refractivity contribution in [2.75, 3.05) is 5.32 Å². The van der Waals surface area contributed by atoms with Gasteiger partial charge < -0.3 is 4.74 Å². The molecule has 7 heteroatoms. The van der Waals surface area contributed by atoms with Crippen molar-refractivity contribution < 1.29 is 14.3 Å². The summed E-state index contributed by atoms with van der Waals surface area (Å²) in [7, 11) is 0. The zero-order valence-electron chi connectivity index (χ0n) is 11.0. The van der Waals surface area contributed by atoms with Crippen LogP contribution < -0.4 is 5.32 Å². The van der Waals surface area contributed by atoms with Crippen molar-refractivity contribution in [1.29, 1.82) is 0 Å². The van der Waals surface area contributed by atoms with Gasteiger partial charge in [0, 0.05) is 6.20 Å². The SMILES string of the molecule is CC(=O)c1c(NC(=O)OC(C)(C)C)ncc(Br)c1Cl. The lowest BCUT2D eigenvalue weighted by atomic mass is 10.2. The molecule has 5 nitrogen and oxygen atoms in total. The number of rotatable bonds is 2. The van der Waals surface area contributed by atoms with Crippen molar-refractivity contribution in [3.63, 3.8) is 0 Å². The summed E-state index contributed by atoms with van der Waals surface area (Å²) in [5, 5.41) is 2.62. The lowest BCUT2D eigenvalue weighted by Crippen LogP contribution is -2.28. The second-order valence-electron chi connectivity index (χ2n) is 4.83. The molecule has 0 aromatic carbocycles. The van der Waals surface area contributed by atoms with Gasteiger partial charge in [-0.1, -0.05) is 11.6 Å². The average Bonchev–Trinajstić information content (AvgIpc) is 2.20. The summed E-state index contributed by atoms with van der Waals surface area (Å²) in [6, 6.07) is 0. The maximum absolute atomic E-state index is 11.7. The molecule has 0 atom stereocenters. The molecule has 0 aliphatic rings. The minimum atomic E-state index is -0.694. The predicted octanol–water partition coefficient (Wildman–Crippen LogP) is 4.05. The van der Waals surface area contributed by atoms with Crippen LogP contribution in [0.4, 0.5) is 10.6 Å². The number of ketones is 1. The van der Waals surface area contributed by atoms with Crippen LogP contribution in [-0.4, -0.2) is 22.5 Å². The molecule has 1 aromatic heterocycles. The third kappa shape index (κ3) is 4.47. The summed E-state index contributed by atoms with van der Waals surface area (Å²) in [4.78, 5) is 27.2. The monoisotopic (exact) mass is 348 g/mol. The molecule has 0 spiro atoms. The minimum Gasteiger partial charge on any atom is -0.444 e. The van der Waals surface area contributed by atoms with Gasteiger partial charge in [0.2, 0.25) is 0 Å².